The van der Waals surface area contributed by atoms with Crippen LogP contribution in [0.4, 0.5) is 5.82 Å². The molecule has 2 fully saturated rings. The summed E-state index contributed by atoms with van der Waals surface area (Å²) in [6, 6.07) is 3.37. The van der Waals surface area contributed by atoms with Crippen LogP contribution in [0.15, 0.2) is 12.1 Å². The molecule has 2 saturated heterocycles. The second kappa shape index (κ2) is 7.61. The van der Waals surface area contributed by atoms with Gasteiger partial charge in [0.25, 0.3) is 0 Å². The SMILES string of the molecule is COCCN1C[C@]2(CCCN(c3nc(C)ccc3C(=O)O)C2)CCC1=O. The molecule has 0 saturated carbocycles. The first kappa shape index (κ1) is 18.6. The summed E-state index contributed by atoms with van der Waals surface area (Å²) >= 11 is 0. The number of rotatable bonds is 5. The van der Waals surface area contributed by atoms with Crippen molar-refractivity contribution in [1.29, 1.82) is 0 Å². The Labute approximate surface area is 153 Å². The van der Waals surface area contributed by atoms with E-state index in [9.17, 15) is 14.7 Å². The van der Waals surface area contributed by atoms with Gasteiger partial charge in [-0.15, -0.1) is 0 Å². The van der Waals surface area contributed by atoms with E-state index in [-0.39, 0.29) is 16.9 Å². The quantitative estimate of drug-likeness (QED) is 0.863. The van der Waals surface area contributed by atoms with Crippen LogP contribution >= 0.6 is 0 Å². The van der Waals surface area contributed by atoms with Gasteiger partial charge in [0.15, 0.2) is 0 Å². The van der Waals surface area contributed by atoms with Gasteiger partial charge >= 0.3 is 5.97 Å². The van der Waals surface area contributed by atoms with E-state index in [0.29, 0.717) is 31.9 Å². The minimum absolute atomic E-state index is 0.00109. The number of likely N-dealkylation sites (tertiary alicyclic amines) is 1. The number of pyridine rings is 1. The normalized spacial score (nSPS) is 23.5. The molecule has 2 aliphatic heterocycles. The fraction of sp³-hybridized carbons (Fsp3) is 0.632. The van der Waals surface area contributed by atoms with E-state index < -0.39 is 5.97 Å². The lowest BCUT2D eigenvalue weighted by atomic mass is 9.73. The van der Waals surface area contributed by atoms with Crippen molar-refractivity contribution in [3.8, 4) is 0 Å². The van der Waals surface area contributed by atoms with Crippen molar-refractivity contribution in [2.45, 2.75) is 32.6 Å². The Kier molecular flexibility index (Phi) is 5.46. The molecule has 1 atom stereocenters. The number of methoxy groups -OCH3 is 1. The van der Waals surface area contributed by atoms with Crippen molar-refractivity contribution in [3.63, 3.8) is 0 Å². The average Bonchev–Trinajstić information content (AvgIpc) is 2.62. The number of carboxylic acids is 1. The predicted molar refractivity (Wildman–Crippen MR) is 97.5 cm³/mol. The molecule has 7 nitrogen and oxygen atoms in total. The highest BCUT2D eigenvalue weighted by Gasteiger charge is 2.42. The second-order valence-electron chi connectivity index (χ2n) is 7.46. The van der Waals surface area contributed by atoms with Crippen LogP contribution < -0.4 is 4.90 Å². The van der Waals surface area contributed by atoms with Gasteiger partial charge in [-0.05, 0) is 38.3 Å². The third-order valence-electron chi connectivity index (χ3n) is 5.52. The molecule has 0 radical (unpaired) electrons. The second-order valence-corrected chi connectivity index (χ2v) is 7.46. The van der Waals surface area contributed by atoms with Crippen molar-refractivity contribution in [2.24, 2.45) is 5.41 Å². The van der Waals surface area contributed by atoms with Gasteiger partial charge in [0.1, 0.15) is 11.4 Å². The van der Waals surface area contributed by atoms with Crippen LogP contribution in [-0.2, 0) is 9.53 Å². The fourth-order valence-electron chi connectivity index (χ4n) is 4.18. The first-order chi connectivity index (χ1) is 12.4. The molecule has 1 aromatic heterocycles. The maximum Gasteiger partial charge on any atom is 0.339 e. The van der Waals surface area contributed by atoms with E-state index in [2.05, 4.69) is 9.88 Å². The minimum atomic E-state index is -0.951. The lowest BCUT2D eigenvalue weighted by Gasteiger charge is -2.48. The number of piperidine rings is 2. The summed E-state index contributed by atoms with van der Waals surface area (Å²) in [7, 11) is 1.64. The smallest absolute Gasteiger partial charge is 0.339 e. The minimum Gasteiger partial charge on any atom is -0.478 e. The van der Waals surface area contributed by atoms with E-state index >= 15 is 0 Å². The van der Waals surface area contributed by atoms with Crippen LogP contribution in [0.25, 0.3) is 0 Å². The molecule has 1 N–H and O–H groups in total. The lowest BCUT2D eigenvalue weighted by molar-refractivity contribution is -0.138. The number of aromatic nitrogens is 1. The molecule has 26 heavy (non-hydrogen) atoms. The Morgan fingerprint density at radius 3 is 2.88 bits per heavy atom. The Morgan fingerprint density at radius 2 is 2.15 bits per heavy atom. The molecule has 0 aromatic carbocycles. The van der Waals surface area contributed by atoms with Crippen molar-refractivity contribution in [3.05, 3.63) is 23.4 Å². The number of carbonyl (C=O) groups excluding carboxylic acids is 1. The monoisotopic (exact) mass is 361 g/mol. The third-order valence-corrected chi connectivity index (χ3v) is 5.52. The first-order valence-electron chi connectivity index (χ1n) is 9.17. The largest absolute Gasteiger partial charge is 0.478 e. The predicted octanol–water partition coefficient (Wildman–Crippen LogP) is 1.94. The Morgan fingerprint density at radius 1 is 1.35 bits per heavy atom. The van der Waals surface area contributed by atoms with Gasteiger partial charge < -0.3 is 19.6 Å². The molecular formula is C19H27N3O4. The summed E-state index contributed by atoms with van der Waals surface area (Å²) in [5, 5.41) is 9.53. The van der Waals surface area contributed by atoms with E-state index in [4.69, 9.17) is 4.74 Å². The van der Waals surface area contributed by atoms with Crippen LogP contribution in [0.5, 0.6) is 0 Å². The third kappa shape index (κ3) is 3.82. The van der Waals surface area contributed by atoms with Crippen LogP contribution in [-0.4, -0.2) is 66.8 Å². The number of aryl methyl sites for hydroxylation is 1. The number of anilines is 1. The zero-order chi connectivity index (χ0) is 18.7. The van der Waals surface area contributed by atoms with Gasteiger partial charge in [0, 0.05) is 50.8 Å². The number of aromatic carboxylic acids is 1. The zero-order valence-electron chi connectivity index (χ0n) is 15.5. The van der Waals surface area contributed by atoms with Crippen molar-refractivity contribution in [2.75, 3.05) is 44.8 Å². The molecule has 0 unspecified atom stereocenters. The van der Waals surface area contributed by atoms with E-state index in [1.807, 2.05) is 11.8 Å². The first-order valence-corrected chi connectivity index (χ1v) is 9.17. The molecule has 3 heterocycles. The number of hydrogen-bond acceptors (Lipinski definition) is 5. The molecule has 1 spiro atoms. The van der Waals surface area contributed by atoms with Crippen molar-refractivity contribution >= 4 is 17.7 Å². The molecule has 1 aromatic rings. The summed E-state index contributed by atoms with van der Waals surface area (Å²) in [6.45, 7) is 5.26. The molecule has 0 bridgehead atoms. The highest BCUT2D eigenvalue weighted by Crippen LogP contribution is 2.40. The van der Waals surface area contributed by atoms with Gasteiger partial charge in [-0.1, -0.05) is 0 Å². The molecular weight excluding hydrogens is 334 g/mol. The summed E-state index contributed by atoms with van der Waals surface area (Å²) in [4.78, 5) is 32.4. The van der Waals surface area contributed by atoms with Crippen molar-refractivity contribution in [1.82, 2.24) is 9.88 Å². The van der Waals surface area contributed by atoms with E-state index in [1.165, 1.54) is 0 Å². The Balaban J connectivity index is 1.82. The average molecular weight is 361 g/mol. The molecule has 2 aliphatic rings. The highest BCUT2D eigenvalue weighted by atomic mass is 16.5. The Hall–Kier alpha value is -2.15. The lowest BCUT2D eigenvalue weighted by Crippen LogP contribution is -2.55. The summed E-state index contributed by atoms with van der Waals surface area (Å²) in [6.07, 6.45) is 3.42. The molecule has 1 amide bonds. The van der Waals surface area contributed by atoms with Crippen LogP contribution in [0.1, 0.15) is 41.7 Å². The maximum atomic E-state index is 12.2. The van der Waals surface area contributed by atoms with Crippen LogP contribution in [0.3, 0.4) is 0 Å². The topological polar surface area (TPSA) is 83.0 Å². The Bertz CT molecular complexity index is 693. The number of nitrogens with zero attached hydrogens (tertiary/aromatic N) is 3. The standard InChI is InChI=1S/C19H27N3O4/c1-14-4-5-15(18(24)25)17(20-14)22-9-3-7-19(13-22)8-6-16(23)21(12-19)10-11-26-2/h4-5H,3,6-13H2,1-2H3,(H,24,25)/t19-/m0/s1. The maximum absolute atomic E-state index is 12.2. The fourth-order valence-corrected chi connectivity index (χ4v) is 4.18. The number of hydrogen-bond donors (Lipinski definition) is 1. The number of amides is 1. The molecule has 0 aliphatic carbocycles. The molecule has 142 valence electrons. The molecule has 3 rings (SSSR count). The number of carbonyl (C=O) groups is 2. The number of ether oxygens (including phenoxy) is 1. The highest BCUT2D eigenvalue weighted by molar-refractivity contribution is 5.93. The van der Waals surface area contributed by atoms with Gasteiger partial charge in [0.2, 0.25) is 5.91 Å². The van der Waals surface area contributed by atoms with Crippen molar-refractivity contribution < 1.29 is 19.4 Å². The van der Waals surface area contributed by atoms with Crippen LogP contribution in [0, 0.1) is 12.3 Å². The van der Waals surface area contributed by atoms with E-state index in [1.54, 1.807) is 19.2 Å². The summed E-state index contributed by atoms with van der Waals surface area (Å²) < 4.78 is 5.13. The van der Waals surface area contributed by atoms with Gasteiger partial charge in [-0.2, -0.15) is 0 Å². The van der Waals surface area contributed by atoms with E-state index in [0.717, 1.165) is 38.0 Å². The van der Waals surface area contributed by atoms with Gasteiger partial charge in [-0.25, -0.2) is 9.78 Å². The number of carboxylic acid groups (broad SMARTS) is 1. The van der Waals surface area contributed by atoms with Crippen LogP contribution in [0.2, 0.25) is 0 Å². The van der Waals surface area contributed by atoms with Gasteiger partial charge in [0.05, 0.1) is 6.61 Å². The molecule has 7 heteroatoms. The summed E-state index contributed by atoms with van der Waals surface area (Å²) in [5.74, 6) is -0.214. The summed E-state index contributed by atoms with van der Waals surface area (Å²) in [5.41, 5.74) is 1.06. The van der Waals surface area contributed by atoms with Gasteiger partial charge in [-0.3, -0.25) is 4.79 Å². The zero-order valence-corrected chi connectivity index (χ0v) is 15.5.